The number of carbonyl (C=O) groups excluding carboxylic acids is 2. The van der Waals surface area contributed by atoms with Crippen molar-refractivity contribution in [2.45, 2.75) is 0 Å². The molecule has 0 aliphatic carbocycles. The van der Waals surface area contributed by atoms with Gasteiger partial charge in [-0.05, 0) is 48.5 Å². The van der Waals surface area contributed by atoms with Crippen LogP contribution in [0.25, 0.3) is 0 Å². The summed E-state index contributed by atoms with van der Waals surface area (Å²) < 4.78 is 5.20. The first-order valence-corrected chi connectivity index (χ1v) is 9.43. The van der Waals surface area contributed by atoms with E-state index in [0.29, 0.717) is 17.8 Å². The molecule has 0 aromatic heterocycles. The van der Waals surface area contributed by atoms with Crippen LogP contribution < -0.4 is 25.2 Å². The van der Waals surface area contributed by atoms with Crippen LogP contribution in [0.3, 0.4) is 0 Å². The summed E-state index contributed by atoms with van der Waals surface area (Å²) >= 11 is 0. The van der Waals surface area contributed by atoms with Gasteiger partial charge in [0, 0.05) is 24.0 Å². The molecule has 0 atom stereocenters. The molecule has 3 N–H and O–H groups in total. The van der Waals surface area contributed by atoms with Crippen molar-refractivity contribution in [2.24, 2.45) is 0 Å². The zero-order chi connectivity index (χ0) is 19.9. The largest absolute Gasteiger partial charge is 0.497 e. The first-order valence-electron chi connectivity index (χ1n) is 9.43. The van der Waals surface area contributed by atoms with Gasteiger partial charge in [-0.2, -0.15) is 0 Å². The average molecular weight is 383 g/mol. The fourth-order valence-electron chi connectivity index (χ4n) is 3.33. The molecule has 28 heavy (non-hydrogen) atoms. The zero-order valence-corrected chi connectivity index (χ0v) is 16.3. The fourth-order valence-corrected chi connectivity index (χ4v) is 3.33. The van der Waals surface area contributed by atoms with E-state index in [9.17, 15) is 9.59 Å². The Kier molecular flexibility index (Phi) is 6.49. The van der Waals surface area contributed by atoms with Gasteiger partial charge in [0.1, 0.15) is 5.75 Å². The standard InChI is InChI=1S/C21H26N4O3/c1-22-21(27)16-3-5-17(6-4-16)23-20(26)15-24-11-13-25(14-12-24)18-7-9-19(28-2)10-8-18/h3-10H,11-15H2,1-2H3,(H,22,27)(H,23,26)/p+1. The number of piperazine rings is 1. The maximum Gasteiger partial charge on any atom is 0.279 e. The van der Waals surface area contributed by atoms with Crippen molar-refractivity contribution in [1.29, 1.82) is 0 Å². The SMILES string of the molecule is CNC(=O)c1ccc(NC(=O)C[NH+]2CCN(c3ccc(OC)cc3)CC2)cc1. The molecule has 0 spiro atoms. The number of carbonyl (C=O) groups is 2. The lowest BCUT2D eigenvalue weighted by Crippen LogP contribution is -3.15. The highest BCUT2D eigenvalue weighted by Crippen LogP contribution is 2.19. The number of anilines is 2. The van der Waals surface area contributed by atoms with Gasteiger partial charge >= 0.3 is 0 Å². The number of quaternary nitrogens is 1. The van der Waals surface area contributed by atoms with Crippen LogP contribution in [0.15, 0.2) is 48.5 Å². The molecule has 0 saturated carbocycles. The first kappa shape index (κ1) is 19.7. The fraction of sp³-hybridized carbons (Fsp3) is 0.333. The number of methoxy groups -OCH3 is 1. The summed E-state index contributed by atoms with van der Waals surface area (Å²) in [5, 5.41) is 5.49. The van der Waals surface area contributed by atoms with E-state index in [4.69, 9.17) is 4.74 Å². The lowest BCUT2D eigenvalue weighted by Gasteiger charge is -2.33. The van der Waals surface area contributed by atoms with Crippen LogP contribution in [0, 0.1) is 0 Å². The van der Waals surface area contributed by atoms with Crippen LogP contribution in [0.4, 0.5) is 11.4 Å². The van der Waals surface area contributed by atoms with Gasteiger partial charge in [-0.25, -0.2) is 0 Å². The van der Waals surface area contributed by atoms with Crippen molar-refractivity contribution in [3.05, 3.63) is 54.1 Å². The molecule has 7 heteroatoms. The summed E-state index contributed by atoms with van der Waals surface area (Å²) in [6, 6.07) is 15.0. The predicted octanol–water partition coefficient (Wildman–Crippen LogP) is 0.398. The molecule has 148 valence electrons. The van der Waals surface area contributed by atoms with Crippen molar-refractivity contribution >= 4 is 23.2 Å². The van der Waals surface area contributed by atoms with Crippen molar-refractivity contribution in [1.82, 2.24) is 5.32 Å². The minimum atomic E-state index is -0.142. The molecule has 1 aliphatic heterocycles. The third-order valence-electron chi connectivity index (χ3n) is 4.98. The highest BCUT2D eigenvalue weighted by atomic mass is 16.5. The Hall–Kier alpha value is -3.06. The Morgan fingerprint density at radius 2 is 1.68 bits per heavy atom. The number of amides is 2. The van der Waals surface area contributed by atoms with E-state index >= 15 is 0 Å². The first-order chi connectivity index (χ1) is 13.6. The second kappa shape index (κ2) is 9.23. The number of hydrogen-bond donors (Lipinski definition) is 3. The molecule has 2 aromatic rings. The van der Waals surface area contributed by atoms with E-state index in [1.54, 1.807) is 38.4 Å². The van der Waals surface area contributed by atoms with Crippen LogP contribution in [0.5, 0.6) is 5.75 Å². The highest BCUT2D eigenvalue weighted by Gasteiger charge is 2.22. The van der Waals surface area contributed by atoms with Gasteiger partial charge in [0.2, 0.25) is 0 Å². The summed E-state index contributed by atoms with van der Waals surface area (Å²) in [6.45, 7) is 4.09. The molecule has 0 radical (unpaired) electrons. The Bertz CT molecular complexity index is 797. The van der Waals surface area contributed by atoms with E-state index in [2.05, 4.69) is 27.7 Å². The van der Waals surface area contributed by atoms with Crippen LogP contribution in [-0.2, 0) is 4.79 Å². The van der Waals surface area contributed by atoms with E-state index in [1.165, 1.54) is 10.6 Å². The molecular formula is C21H27N4O3+. The molecule has 7 nitrogen and oxygen atoms in total. The third kappa shape index (κ3) is 5.01. The summed E-state index contributed by atoms with van der Waals surface area (Å²) in [6.07, 6.45) is 0. The normalized spacial score (nSPS) is 14.4. The van der Waals surface area contributed by atoms with Crippen molar-refractivity contribution < 1.29 is 19.2 Å². The lowest BCUT2D eigenvalue weighted by atomic mass is 10.2. The van der Waals surface area contributed by atoms with Gasteiger partial charge in [0.15, 0.2) is 6.54 Å². The summed E-state index contributed by atoms with van der Waals surface area (Å²) in [4.78, 5) is 27.5. The smallest absolute Gasteiger partial charge is 0.279 e. The van der Waals surface area contributed by atoms with Gasteiger partial charge in [0.05, 0.1) is 33.3 Å². The number of ether oxygens (including phenoxy) is 1. The molecule has 2 amide bonds. The monoisotopic (exact) mass is 383 g/mol. The highest BCUT2D eigenvalue weighted by molar-refractivity contribution is 5.95. The molecule has 2 aromatic carbocycles. The average Bonchev–Trinajstić information content (AvgIpc) is 2.74. The molecule has 3 rings (SSSR count). The number of benzene rings is 2. The topological polar surface area (TPSA) is 75.1 Å². The summed E-state index contributed by atoms with van der Waals surface area (Å²) in [7, 11) is 3.26. The summed E-state index contributed by atoms with van der Waals surface area (Å²) in [5.41, 5.74) is 2.45. The van der Waals surface area contributed by atoms with Crippen LogP contribution >= 0.6 is 0 Å². The van der Waals surface area contributed by atoms with Gasteiger partial charge in [0.25, 0.3) is 11.8 Å². The van der Waals surface area contributed by atoms with Crippen LogP contribution in [0.1, 0.15) is 10.4 Å². The van der Waals surface area contributed by atoms with Gasteiger partial charge in [-0.1, -0.05) is 0 Å². The Morgan fingerprint density at radius 3 is 2.25 bits per heavy atom. The minimum Gasteiger partial charge on any atom is -0.497 e. The number of nitrogens with zero attached hydrogens (tertiary/aromatic N) is 1. The number of hydrogen-bond acceptors (Lipinski definition) is 4. The molecule has 1 aliphatic rings. The Balaban J connectivity index is 1.46. The van der Waals surface area contributed by atoms with Gasteiger partial charge in [-0.15, -0.1) is 0 Å². The molecule has 1 fully saturated rings. The van der Waals surface area contributed by atoms with Crippen LogP contribution in [0.2, 0.25) is 0 Å². The number of rotatable bonds is 6. The van der Waals surface area contributed by atoms with Gasteiger partial charge < -0.3 is 25.2 Å². The second-order valence-electron chi connectivity index (χ2n) is 6.82. The van der Waals surface area contributed by atoms with E-state index in [1.807, 2.05) is 12.1 Å². The maximum atomic E-state index is 12.3. The minimum absolute atomic E-state index is 0.0133. The Morgan fingerprint density at radius 1 is 1.04 bits per heavy atom. The van der Waals surface area contributed by atoms with Crippen molar-refractivity contribution in [2.75, 3.05) is 57.1 Å². The van der Waals surface area contributed by atoms with Crippen LogP contribution in [-0.4, -0.2) is 58.7 Å². The molecule has 0 unspecified atom stereocenters. The van der Waals surface area contributed by atoms with E-state index in [-0.39, 0.29) is 11.8 Å². The zero-order valence-electron chi connectivity index (χ0n) is 16.3. The van der Waals surface area contributed by atoms with Crippen molar-refractivity contribution in [3.63, 3.8) is 0 Å². The van der Waals surface area contributed by atoms with E-state index in [0.717, 1.165) is 31.9 Å². The lowest BCUT2D eigenvalue weighted by molar-refractivity contribution is -0.892. The molecule has 1 heterocycles. The predicted molar refractivity (Wildman–Crippen MR) is 109 cm³/mol. The molecule has 1 saturated heterocycles. The maximum absolute atomic E-state index is 12.3. The second-order valence-corrected chi connectivity index (χ2v) is 6.82. The molecular weight excluding hydrogens is 356 g/mol. The Labute approximate surface area is 165 Å². The van der Waals surface area contributed by atoms with E-state index < -0.39 is 0 Å². The summed E-state index contributed by atoms with van der Waals surface area (Å²) in [5.74, 6) is 0.700. The van der Waals surface area contributed by atoms with Gasteiger partial charge in [-0.3, -0.25) is 9.59 Å². The number of nitrogens with one attached hydrogen (secondary N) is 3. The van der Waals surface area contributed by atoms with Crippen molar-refractivity contribution in [3.8, 4) is 5.75 Å². The third-order valence-corrected chi connectivity index (χ3v) is 4.98. The molecule has 0 bridgehead atoms. The quantitative estimate of drug-likeness (QED) is 0.675.